The minimum absolute atomic E-state index is 0.264. The van der Waals surface area contributed by atoms with Crippen molar-refractivity contribution in [3.8, 4) is 0 Å². The first-order valence-electron chi connectivity index (χ1n) is 3.42. The minimum atomic E-state index is -1.37. The molecule has 1 aromatic heterocycles. The molecule has 1 atom stereocenters. The van der Waals surface area contributed by atoms with Crippen LogP contribution in [0, 0.1) is 0 Å². The van der Waals surface area contributed by atoms with Crippen molar-refractivity contribution in [1.29, 1.82) is 0 Å². The second-order valence-electron chi connectivity index (χ2n) is 2.71. The van der Waals surface area contributed by atoms with Gasteiger partial charge < -0.3 is 10.1 Å². The molecule has 1 aromatic rings. The Bertz CT molecular complexity index is 249. The van der Waals surface area contributed by atoms with E-state index in [1.807, 2.05) is 0 Å². The highest BCUT2D eigenvalue weighted by Crippen LogP contribution is 2.18. The van der Waals surface area contributed by atoms with E-state index in [4.69, 9.17) is 0 Å². The van der Waals surface area contributed by atoms with E-state index in [0.717, 1.165) is 0 Å². The van der Waals surface area contributed by atoms with E-state index in [9.17, 15) is 9.90 Å². The summed E-state index contributed by atoms with van der Waals surface area (Å²) in [5.74, 6) is -0.264. The number of hydrogen-bond acceptors (Lipinski definition) is 2. The molecule has 0 aliphatic carbocycles. The fraction of sp³-hybridized carbons (Fsp3) is 0.375. The predicted octanol–water partition coefficient (Wildman–Crippen LogP) is 0.811. The second kappa shape index (κ2) is 2.51. The van der Waals surface area contributed by atoms with Crippen LogP contribution < -0.4 is 0 Å². The van der Waals surface area contributed by atoms with Crippen molar-refractivity contribution in [3.05, 3.63) is 24.0 Å². The van der Waals surface area contributed by atoms with Gasteiger partial charge in [0.25, 0.3) is 0 Å². The van der Waals surface area contributed by atoms with Crippen LogP contribution in [0.1, 0.15) is 19.5 Å². The highest BCUT2D eigenvalue weighted by atomic mass is 16.3. The van der Waals surface area contributed by atoms with Gasteiger partial charge in [0.05, 0.1) is 5.69 Å². The Morgan fingerprint density at radius 2 is 2.36 bits per heavy atom. The van der Waals surface area contributed by atoms with Gasteiger partial charge in [0, 0.05) is 6.20 Å². The molecule has 0 spiro atoms. The summed E-state index contributed by atoms with van der Waals surface area (Å²) in [6.07, 6.45) is 1.67. The molecular formula is C8H11NO2. The topological polar surface area (TPSA) is 53.1 Å². The van der Waals surface area contributed by atoms with E-state index in [1.165, 1.54) is 13.8 Å². The van der Waals surface area contributed by atoms with Gasteiger partial charge in [-0.2, -0.15) is 0 Å². The molecule has 0 aromatic carbocycles. The molecule has 0 fully saturated rings. The number of carbonyl (C=O) groups is 1. The van der Waals surface area contributed by atoms with Crippen LogP contribution in [-0.4, -0.2) is 15.9 Å². The summed E-state index contributed by atoms with van der Waals surface area (Å²) < 4.78 is 0. The summed E-state index contributed by atoms with van der Waals surface area (Å²) >= 11 is 0. The molecule has 0 radical (unpaired) electrons. The van der Waals surface area contributed by atoms with Crippen LogP contribution >= 0.6 is 0 Å². The molecule has 3 heteroatoms. The van der Waals surface area contributed by atoms with Crippen LogP contribution in [0.4, 0.5) is 0 Å². The zero-order valence-corrected chi connectivity index (χ0v) is 6.59. The van der Waals surface area contributed by atoms with Gasteiger partial charge in [-0.15, -0.1) is 0 Å². The highest BCUT2D eigenvalue weighted by molar-refractivity contribution is 5.85. The van der Waals surface area contributed by atoms with Gasteiger partial charge in [-0.25, -0.2) is 0 Å². The van der Waals surface area contributed by atoms with Crippen molar-refractivity contribution in [2.75, 3.05) is 0 Å². The van der Waals surface area contributed by atoms with Crippen molar-refractivity contribution in [3.63, 3.8) is 0 Å². The molecule has 0 aliphatic rings. The Hall–Kier alpha value is -1.09. The zero-order valence-electron chi connectivity index (χ0n) is 6.59. The largest absolute Gasteiger partial charge is 0.376 e. The maximum absolute atomic E-state index is 10.9. The van der Waals surface area contributed by atoms with Crippen molar-refractivity contribution in [2.45, 2.75) is 19.4 Å². The van der Waals surface area contributed by atoms with Crippen LogP contribution in [0.15, 0.2) is 18.3 Å². The number of aromatic amines is 1. The molecule has 60 valence electrons. The van der Waals surface area contributed by atoms with Gasteiger partial charge in [0.15, 0.2) is 11.4 Å². The van der Waals surface area contributed by atoms with Crippen molar-refractivity contribution >= 4 is 5.78 Å². The summed E-state index contributed by atoms with van der Waals surface area (Å²) in [6, 6.07) is 3.42. The SMILES string of the molecule is CC(=O)[C@@](C)(O)c1ccc[nH]1. The first-order valence-corrected chi connectivity index (χ1v) is 3.42. The number of nitrogens with one attached hydrogen (secondary N) is 1. The Balaban J connectivity index is 3.00. The third-order valence-corrected chi connectivity index (χ3v) is 1.81. The molecule has 1 rings (SSSR count). The van der Waals surface area contributed by atoms with E-state index >= 15 is 0 Å². The van der Waals surface area contributed by atoms with Gasteiger partial charge in [0.2, 0.25) is 0 Å². The Labute approximate surface area is 65.1 Å². The van der Waals surface area contributed by atoms with Crippen molar-refractivity contribution in [1.82, 2.24) is 4.98 Å². The van der Waals surface area contributed by atoms with Crippen molar-refractivity contribution < 1.29 is 9.90 Å². The zero-order chi connectivity index (χ0) is 8.48. The predicted molar refractivity (Wildman–Crippen MR) is 41.0 cm³/mol. The third-order valence-electron chi connectivity index (χ3n) is 1.81. The maximum atomic E-state index is 10.9. The summed E-state index contributed by atoms with van der Waals surface area (Å²) in [5, 5.41) is 9.57. The number of carbonyl (C=O) groups excluding carboxylic acids is 1. The molecule has 2 N–H and O–H groups in total. The van der Waals surface area contributed by atoms with E-state index in [2.05, 4.69) is 4.98 Å². The number of aliphatic hydroxyl groups is 1. The normalized spacial score (nSPS) is 15.9. The molecule has 1 heterocycles. The van der Waals surface area contributed by atoms with Gasteiger partial charge in [-0.3, -0.25) is 4.79 Å². The van der Waals surface area contributed by atoms with E-state index < -0.39 is 5.60 Å². The summed E-state index contributed by atoms with van der Waals surface area (Å²) in [5.41, 5.74) is -0.839. The number of aromatic nitrogens is 1. The molecule has 0 saturated heterocycles. The average Bonchev–Trinajstić information content (AvgIpc) is 2.37. The maximum Gasteiger partial charge on any atom is 0.167 e. The van der Waals surface area contributed by atoms with Gasteiger partial charge in [-0.05, 0) is 26.0 Å². The lowest BCUT2D eigenvalue weighted by atomic mass is 9.98. The Kier molecular flexibility index (Phi) is 1.83. The van der Waals surface area contributed by atoms with Crippen LogP contribution in [0.3, 0.4) is 0 Å². The molecular weight excluding hydrogens is 142 g/mol. The number of hydrogen-bond donors (Lipinski definition) is 2. The molecule has 0 unspecified atom stereocenters. The smallest absolute Gasteiger partial charge is 0.167 e. The number of rotatable bonds is 2. The number of H-pyrrole nitrogens is 1. The van der Waals surface area contributed by atoms with Crippen LogP contribution in [-0.2, 0) is 10.4 Å². The highest BCUT2D eigenvalue weighted by Gasteiger charge is 2.29. The summed E-state index contributed by atoms with van der Waals surface area (Å²) in [7, 11) is 0. The van der Waals surface area contributed by atoms with E-state index in [1.54, 1.807) is 18.3 Å². The fourth-order valence-electron chi connectivity index (χ4n) is 0.823. The summed E-state index contributed by atoms with van der Waals surface area (Å²) in [6.45, 7) is 2.84. The summed E-state index contributed by atoms with van der Waals surface area (Å²) in [4.78, 5) is 13.7. The van der Waals surface area contributed by atoms with Gasteiger partial charge in [0.1, 0.15) is 0 Å². The van der Waals surface area contributed by atoms with Crippen molar-refractivity contribution in [2.24, 2.45) is 0 Å². The quantitative estimate of drug-likeness (QED) is 0.660. The Morgan fingerprint density at radius 1 is 1.73 bits per heavy atom. The van der Waals surface area contributed by atoms with E-state index in [0.29, 0.717) is 5.69 Å². The van der Waals surface area contributed by atoms with Crippen LogP contribution in [0.25, 0.3) is 0 Å². The monoisotopic (exact) mass is 153 g/mol. The molecule has 0 amide bonds. The standard InChI is InChI=1S/C8H11NO2/c1-6(10)8(2,11)7-4-3-5-9-7/h3-5,9,11H,1-2H3/t8-/m1/s1. The van der Waals surface area contributed by atoms with Gasteiger partial charge in [-0.1, -0.05) is 0 Å². The first kappa shape index (κ1) is 8.01. The average molecular weight is 153 g/mol. The molecule has 11 heavy (non-hydrogen) atoms. The lowest BCUT2D eigenvalue weighted by Gasteiger charge is -2.17. The lowest BCUT2D eigenvalue weighted by Crippen LogP contribution is -2.30. The fourth-order valence-corrected chi connectivity index (χ4v) is 0.823. The molecule has 0 saturated carbocycles. The third kappa shape index (κ3) is 1.33. The molecule has 3 nitrogen and oxygen atoms in total. The minimum Gasteiger partial charge on any atom is -0.376 e. The van der Waals surface area contributed by atoms with Gasteiger partial charge >= 0.3 is 0 Å². The first-order chi connectivity index (χ1) is 5.05. The van der Waals surface area contributed by atoms with E-state index in [-0.39, 0.29) is 5.78 Å². The second-order valence-corrected chi connectivity index (χ2v) is 2.71. The van der Waals surface area contributed by atoms with Crippen LogP contribution in [0.5, 0.6) is 0 Å². The Morgan fingerprint density at radius 3 is 2.73 bits per heavy atom. The molecule has 0 aliphatic heterocycles. The lowest BCUT2D eigenvalue weighted by molar-refractivity contribution is -0.134. The number of ketones is 1. The van der Waals surface area contributed by atoms with Crippen LogP contribution in [0.2, 0.25) is 0 Å². The molecule has 0 bridgehead atoms. The number of Topliss-reactive ketones (excluding diaryl/α,β-unsaturated/α-hetero) is 1.